The van der Waals surface area contributed by atoms with Crippen LogP contribution in [0.2, 0.25) is 0 Å². The summed E-state index contributed by atoms with van der Waals surface area (Å²) in [5.74, 6) is 0.663. The van der Waals surface area contributed by atoms with Crippen LogP contribution in [0.1, 0.15) is 31.5 Å². The Balaban J connectivity index is 1.93. The number of nitrogens with zero attached hydrogens (tertiary/aromatic N) is 3. The SMILES string of the molecule is CCCN1CCC(CNC)C1c1cn2ccccc2n1. The molecule has 2 unspecified atom stereocenters. The van der Waals surface area contributed by atoms with Crippen molar-refractivity contribution in [1.82, 2.24) is 19.6 Å². The maximum Gasteiger partial charge on any atom is 0.137 e. The van der Waals surface area contributed by atoms with Crippen molar-refractivity contribution in [2.45, 2.75) is 25.8 Å². The van der Waals surface area contributed by atoms with Crippen LogP contribution in [0.3, 0.4) is 0 Å². The molecule has 1 fully saturated rings. The lowest BCUT2D eigenvalue weighted by molar-refractivity contribution is 0.223. The summed E-state index contributed by atoms with van der Waals surface area (Å²) in [6.45, 7) is 5.68. The van der Waals surface area contributed by atoms with Gasteiger partial charge in [-0.25, -0.2) is 4.98 Å². The first kappa shape index (κ1) is 13.6. The normalized spacial score (nSPS) is 23.7. The first-order valence-electron chi connectivity index (χ1n) is 7.65. The van der Waals surface area contributed by atoms with Gasteiger partial charge in [-0.1, -0.05) is 13.0 Å². The molecule has 0 saturated carbocycles. The maximum absolute atomic E-state index is 4.85. The lowest BCUT2D eigenvalue weighted by atomic mass is 9.98. The molecule has 0 bridgehead atoms. The van der Waals surface area contributed by atoms with Crippen LogP contribution in [0.15, 0.2) is 30.6 Å². The lowest BCUT2D eigenvalue weighted by Gasteiger charge is -2.26. The molecular formula is C16H24N4. The highest BCUT2D eigenvalue weighted by molar-refractivity contribution is 5.40. The van der Waals surface area contributed by atoms with E-state index in [4.69, 9.17) is 4.98 Å². The number of nitrogens with one attached hydrogen (secondary N) is 1. The van der Waals surface area contributed by atoms with Crippen LogP contribution in [-0.2, 0) is 0 Å². The van der Waals surface area contributed by atoms with Crippen molar-refractivity contribution in [2.75, 3.05) is 26.7 Å². The molecule has 0 amide bonds. The molecule has 3 rings (SSSR count). The van der Waals surface area contributed by atoms with Crippen LogP contribution in [0.4, 0.5) is 0 Å². The van der Waals surface area contributed by atoms with Crippen LogP contribution >= 0.6 is 0 Å². The molecule has 0 aromatic carbocycles. The molecule has 0 spiro atoms. The molecular weight excluding hydrogens is 248 g/mol. The summed E-state index contributed by atoms with van der Waals surface area (Å²) in [6.07, 6.45) is 6.75. The van der Waals surface area contributed by atoms with E-state index >= 15 is 0 Å². The van der Waals surface area contributed by atoms with E-state index in [0.29, 0.717) is 12.0 Å². The first-order chi connectivity index (χ1) is 9.83. The number of fused-ring (bicyclic) bond motifs is 1. The van der Waals surface area contributed by atoms with Gasteiger partial charge in [0.25, 0.3) is 0 Å². The summed E-state index contributed by atoms with van der Waals surface area (Å²) in [6, 6.07) is 6.65. The van der Waals surface area contributed by atoms with Crippen LogP contribution in [0.25, 0.3) is 5.65 Å². The standard InChI is InChI=1S/C16H24N4/c1-3-8-19-10-7-13(11-17-2)16(19)14-12-20-9-5-4-6-15(20)18-14/h4-6,9,12-13,16-17H,3,7-8,10-11H2,1-2H3. The minimum absolute atomic E-state index is 0.460. The molecule has 2 aromatic rings. The fourth-order valence-corrected chi connectivity index (χ4v) is 3.47. The van der Waals surface area contributed by atoms with Gasteiger partial charge in [0.15, 0.2) is 0 Å². The highest BCUT2D eigenvalue weighted by Crippen LogP contribution is 2.36. The van der Waals surface area contributed by atoms with Crippen molar-refractivity contribution in [1.29, 1.82) is 0 Å². The Morgan fingerprint density at radius 1 is 1.40 bits per heavy atom. The number of hydrogen-bond donors (Lipinski definition) is 1. The summed E-state index contributed by atoms with van der Waals surface area (Å²) in [5, 5.41) is 3.34. The van der Waals surface area contributed by atoms with Crippen LogP contribution in [-0.4, -0.2) is 41.0 Å². The van der Waals surface area contributed by atoms with Gasteiger partial charge in [-0.05, 0) is 57.6 Å². The van der Waals surface area contributed by atoms with Crippen molar-refractivity contribution in [3.05, 3.63) is 36.3 Å². The lowest BCUT2D eigenvalue weighted by Crippen LogP contribution is -2.30. The Kier molecular flexibility index (Phi) is 4.03. The Hall–Kier alpha value is -1.39. The second-order valence-corrected chi connectivity index (χ2v) is 5.72. The third-order valence-electron chi connectivity index (χ3n) is 4.29. The fraction of sp³-hybridized carbons (Fsp3) is 0.562. The second kappa shape index (κ2) is 5.94. The molecule has 4 nitrogen and oxygen atoms in total. The van der Waals surface area contributed by atoms with Gasteiger partial charge in [0.2, 0.25) is 0 Å². The van der Waals surface area contributed by atoms with Crippen LogP contribution < -0.4 is 5.32 Å². The van der Waals surface area contributed by atoms with Crippen molar-refractivity contribution >= 4 is 5.65 Å². The van der Waals surface area contributed by atoms with Gasteiger partial charge >= 0.3 is 0 Å². The average Bonchev–Trinajstić information content (AvgIpc) is 3.03. The average molecular weight is 272 g/mol. The predicted octanol–water partition coefficient (Wildman–Crippen LogP) is 2.33. The molecule has 1 aliphatic heterocycles. The zero-order valence-corrected chi connectivity index (χ0v) is 12.4. The van der Waals surface area contributed by atoms with Gasteiger partial charge in [0.1, 0.15) is 5.65 Å². The van der Waals surface area contributed by atoms with Crippen molar-refractivity contribution in [3.63, 3.8) is 0 Å². The predicted molar refractivity (Wildman–Crippen MR) is 81.8 cm³/mol. The van der Waals surface area contributed by atoms with E-state index in [0.717, 1.165) is 12.2 Å². The molecule has 0 aliphatic carbocycles. The van der Waals surface area contributed by atoms with Gasteiger partial charge in [-0.15, -0.1) is 0 Å². The topological polar surface area (TPSA) is 32.6 Å². The Morgan fingerprint density at radius 2 is 2.30 bits per heavy atom. The quantitative estimate of drug-likeness (QED) is 0.906. The molecule has 108 valence electrons. The van der Waals surface area contributed by atoms with E-state index < -0.39 is 0 Å². The number of hydrogen-bond acceptors (Lipinski definition) is 3. The summed E-state index contributed by atoms with van der Waals surface area (Å²) < 4.78 is 2.13. The molecule has 2 aromatic heterocycles. The monoisotopic (exact) mass is 272 g/mol. The van der Waals surface area contributed by atoms with E-state index in [1.54, 1.807) is 0 Å². The maximum atomic E-state index is 4.85. The molecule has 2 atom stereocenters. The van der Waals surface area contributed by atoms with E-state index in [1.807, 2.05) is 7.05 Å². The Labute approximate surface area is 120 Å². The first-order valence-corrected chi connectivity index (χ1v) is 7.65. The van der Waals surface area contributed by atoms with Crippen LogP contribution in [0.5, 0.6) is 0 Å². The third kappa shape index (κ3) is 2.45. The number of aromatic nitrogens is 2. The number of pyridine rings is 1. The number of imidazole rings is 1. The van der Waals surface area contributed by atoms with Crippen molar-refractivity contribution in [3.8, 4) is 0 Å². The number of rotatable bonds is 5. The van der Waals surface area contributed by atoms with E-state index in [-0.39, 0.29) is 0 Å². The largest absolute Gasteiger partial charge is 0.319 e. The van der Waals surface area contributed by atoms with Crippen molar-refractivity contribution < 1.29 is 0 Å². The third-order valence-corrected chi connectivity index (χ3v) is 4.29. The summed E-state index contributed by atoms with van der Waals surface area (Å²) in [7, 11) is 2.04. The highest BCUT2D eigenvalue weighted by atomic mass is 15.2. The van der Waals surface area contributed by atoms with Crippen molar-refractivity contribution in [2.24, 2.45) is 5.92 Å². The molecule has 1 saturated heterocycles. The van der Waals surface area contributed by atoms with E-state index in [2.05, 4.69) is 52.1 Å². The van der Waals surface area contributed by atoms with E-state index in [1.165, 1.54) is 31.6 Å². The number of likely N-dealkylation sites (tertiary alicyclic amines) is 1. The van der Waals surface area contributed by atoms with Gasteiger partial charge < -0.3 is 9.72 Å². The Bertz CT molecular complexity index is 515. The smallest absolute Gasteiger partial charge is 0.137 e. The molecule has 1 N–H and O–H groups in total. The minimum atomic E-state index is 0.460. The summed E-state index contributed by atoms with van der Waals surface area (Å²) in [5.41, 5.74) is 2.27. The van der Waals surface area contributed by atoms with E-state index in [9.17, 15) is 0 Å². The fourth-order valence-electron chi connectivity index (χ4n) is 3.47. The Morgan fingerprint density at radius 3 is 3.05 bits per heavy atom. The van der Waals surface area contributed by atoms with Gasteiger partial charge in [0.05, 0.1) is 11.7 Å². The molecule has 4 heteroatoms. The minimum Gasteiger partial charge on any atom is -0.319 e. The molecule has 20 heavy (non-hydrogen) atoms. The second-order valence-electron chi connectivity index (χ2n) is 5.72. The van der Waals surface area contributed by atoms with Gasteiger partial charge in [-0.3, -0.25) is 4.90 Å². The van der Waals surface area contributed by atoms with Gasteiger partial charge in [-0.2, -0.15) is 0 Å². The zero-order valence-electron chi connectivity index (χ0n) is 12.4. The van der Waals surface area contributed by atoms with Crippen LogP contribution in [0, 0.1) is 5.92 Å². The zero-order chi connectivity index (χ0) is 13.9. The molecule has 0 radical (unpaired) electrons. The van der Waals surface area contributed by atoms with Gasteiger partial charge in [0, 0.05) is 12.4 Å². The molecule has 3 heterocycles. The summed E-state index contributed by atoms with van der Waals surface area (Å²) >= 11 is 0. The highest BCUT2D eigenvalue weighted by Gasteiger charge is 2.35. The molecule has 1 aliphatic rings. The summed E-state index contributed by atoms with van der Waals surface area (Å²) in [4.78, 5) is 7.45.